The molecule has 0 saturated carbocycles. The van der Waals surface area contributed by atoms with Gasteiger partial charge >= 0.3 is 5.97 Å². The fraction of sp³-hybridized carbons (Fsp3) is 0.250. The molecular weight excluding hydrogens is 254 g/mol. The summed E-state index contributed by atoms with van der Waals surface area (Å²) < 4.78 is 5.82. The summed E-state index contributed by atoms with van der Waals surface area (Å²) in [7, 11) is 0. The second kappa shape index (κ2) is 5.33. The van der Waals surface area contributed by atoms with Crippen LogP contribution in [0.1, 0.15) is 32.7 Å². The van der Waals surface area contributed by atoms with Crippen molar-refractivity contribution in [3.63, 3.8) is 0 Å². The van der Waals surface area contributed by atoms with Gasteiger partial charge in [0.2, 0.25) is 5.88 Å². The van der Waals surface area contributed by atoms with Crippen LogP contribution in [0.15, 0.2) is 24.3 Å². The van der Waals surface area contributed by atoms with E-state index in [1.807, 2.05) is 32.9 Å². The monoisotopic (exact) mass is 271 g/mol. The van der Waals surface area contributed by atoms with Gasteiger partial charge in [-0.1, -0.05) is 12.1 Å². The molecule has 0 aliphatic rings. The molecule has 0 unspecified atom stereocenters. The maximum Gasteiger partial charge on any atom is 0.335 e. The van der Waals surface area contributed by atoms with Crippen molar-refractivity contribution in [3.8, 4) is 11.6 Å². The SMILES string of the molecule is Cc1cc(C(=O)O)cc(Oc2c(C)ccc(C)c2C)n1. The smallest absolute Gasteiger partial charge is 0.335 e. The van der Waals surface area contributed by atoms with Crippen LogP contribution >= 0.6 is 0 Å². The van der Waals surface area contributed by atoms with Gasteiger partial charge in [0.15, 0.2) is 0 Å². The lowest BCUT2D eigenvalue weighted by Crippen LogP contribution is -2.01. The second-order valence-corrected chi connectivity index (χ2v) is 4.90. The Morgan fingerprint density at radius 1 is 1.10 bits per heavy atom. The summed E-state index contributed by atoms with van der Waals surface area (Å²) in [4.78, 5) is 15.3. The van der Waals surface area contributed by atoms with Crippen molar-refractivity contribution in [1.82, 2.24) is 4.98 Å². The Hall–Kier alpha value is -2.36. The maximum absolute atomic E-state index is 11.1. The lowest BCUT2D eigenvalue weighted by Gasteiger charge is -2.13. The van der Waals surface area contributed by atoms with Crippen molar-refractivity contribution < 1.29 is 14.6 Å². The summed E-state index contributed by atoms with van der Waals surface area (Å²) >= 11 is 0. The first-order valence-electron chi connectivity index (χ1n) is 6.35. The van der Waals surface area contributed by atoms with Crippen molar-refractivity contribution >= 4 is 5.97 Å². The molecule has 4 nitrogen and oxygen atoms in total. The van der Waals surface area contributed by atoms with E-state index in [1.54, 1.807) is 6.92 Å². The number of nitrogens with zero attached hydrogens (tertiary/aromatic N) is 1. The van der Waals surface area contributed by atoms with Gasteiger partial charge in [-0.25, -0.2) is 9.78 Å². The number of benzene rings is 1. The fourth-order valence-corrected chi connectivity index (χ4v) is 2.00. The van der Waals surface area contributed by atoms with E-state index in [2.05, 4.69) is 4.98 Å². The largest absolute Gasteiger partial charge is 0.478 e. The first kappa shape index (κ1) is 14.1. The van der Waals surface area contributed by atoms with Gasteiger partial charge in [0.25, 0.3) is 0 Å². The number of carbonyl (C=O) groups is 1. The fourth-order valence-electron chi connectivity index (χ4n) is 2.00. The van der Waals surface area contributed by atoms with Gasteiger partial charge in [0.05, 0.1) is 5.56 Å². The van der Waals surface area contributed by atoms with E-state index in [1.165, 1.54) is 12.1 Å². The number of ether oxygens (including phenoxy) is 1. The highest BCUT2D eigenvalue weighted by Crippen LogP contribution is 2.30. The quantitative estimate of drug-likeness (QED) is 0.922. The van der Waals surface area contributed by atoms with Crippen LogP contribution in [0.5, 0.6) is 11.6 Å². The van der Waals surface area contributed by atoms with E-state index in [0.29, 0.717) is 11.6 Å². The van der Waals surface area contributed by atoms with Gasteiger partial charge < -0.3 is 9.84 Å². The Labute approximate surface area is 118 Å². The summed E-state index contributed by atoms with van der Waals surface area (Å²) in [6.07, 6.45) is 0. The van der Waals surface area contributed by atoms with Gasteiger partial charge in [-0.3, -0.25) is 0 Å². The summed E-state index contributed by atoms with van der Waals surface area (Å²) in [5, 5.41) is 9.07. The Balaban J connectivity index is 2.45. The minimum atomic E-state index is -0.988. The molecule has 1 aromatic carbocycles. The average molecular weight is 271 g/mol. The number of carboxylic acids is 1. The first-order valence-corrected chi connectivity index (χ1v) is 6.35. The molecule has 0 atom stereocenters. The van der Waals surface area contributed by atoms with Gasteiger partial charge in [-0.15, -0.1) is 0 Å². The number of carboxylic acid groups (broad SMARTS) is 1. The molecule has 0 bridgehead atoms. The molecule has 20 heavy (non-hydrogen) atoms. The van der Waals surface area contributed by atoms with Crippen molar-refractivity contribution in [2.45, 2.75) is 27.7 Å². The molecule has 0 spiro atoms. The van der Waals surface area contributed by atoms with Crippen molar-refractivity contribution in [3.05, 3.63) is 52.2 Å². The Bertz CT molecular complexity index is 678. The van der Waals surface area contributed by atoms with Gasteiger partial charge in [0, 0.05) is 11.8 Å². The minimum absolute atomic E-state index is 0.176. The third-order valence-electron chi connectivity index (χ3n) is 3.26. The number of hydrogen-bond acceptors (Lipinski definition) is 3. The van der Waals surface area contributed by atoms with Crippen molar-refractivity contribution in [2.24, 2.45) is 0 Å². The summed E-state index contributed by atoms with van der Waals surface area (Å²) in [5.74, 6) is 0.0525. The molecule has 2 aromatic rings. The molecule has 0 aliphatic carbocycles. The zero-order chi connectivity index (χ0) is 14.9. The molecule has 1 N–H and O–H groups in total. The predicted octanol–water partition coefficient (Wildman–Crippen LogP) is 3.81. The van der Waals surface area contributed by atoms with Gasteiger partial charge in [0.1, 0.15) is 5.75 Å². The average Bonchev–Trinajstić information content (AvgIpc) is 2.38. The third kappa shape index (κ3) is 2.79. The van der Waals surface area contributed by atoms with Gasteiger partial charge in [-0.2, -0.15) is 0 Å². The molecule has 1 heterocycles. The number of aromatic carboxylic acids is 1. The Morgan fingerprint density at radius 3 is 2.40 bits per heavy atom. The van der Waals surface area contributed by atoms with Crippen LogP contribution in [0.25, 0.3) is 0 Å². The lowest BCUT2D eigenvalue weighted by molar-refractivity contribution is 0.0696. The summed E-state index contributed by atoms with van der Waals surface area (Å²) in [5.41, 5.74) is 3.94. The number of hydrogen-bond donors (Lipinski definition) is 1. The zero-order valence-corrected chi connectivity index (χ0v) is 12.0. The maximum atomic E-state index is 11.1. The topological polar surface area (TPSA) is 59.4 Å². The van der Waals surface area contributed by atoms with E-state index >= 15 is 0 Å². The third-order valence-corrected chi connectivity index (χ3v) is 3.26. The van der Waals surface area contributed by atoms with Crippen molar-refractivity contribution in [1.29, 1.82) is 0 Å². The molecule has 0 fully saturated rings. The first-order chi connectivity index (χ1) is 9.38. The number of aromatic nitrogens is 1. The Kier molecular flexibility index (Phi) is 3.74. The van der Waals surface area contributed by atoms with E-state index < -0.39 is 5.97 Å². The number of rotatable bonds is 3. The second-order valence-electron chi connectivity index (χ2n) is 4.90. The molecule has 104 valence electrons. The van der Waals surface area contributed by atoms with E-state index in [-0.39, 0.29) is 5.56 Å². The number of aryl methyl sites for hydroxylation is 3. The lowest BCUT2D eigenvalue weighted by atomic mass is 10.1. The molecule has 2 rings (SSSR count). The molecule has 1 aromatic heterocycles. The van der Waals surface area contributed by atoms with Crippen LogP contribution in [-0.4, -0.2) is 16.1 Å². The highest BCUT2D eigenvalue weighted by atomic mass is 16.5. The van der Waals surface area contributed by atoms with Crippen LogP contribution in [0, 0.1) is 27.7 Å². The zero-order valence-electron chi connectivity index (χ0n) is 12.0. The summed E-state index contributed by atoms with van der Waals surface area (Å²) in [6, 6.07) is 6.97. The van der Waals surface area contributed by atoms with Crippen LogP contribution in [0.3, 0.4) is 0 Å². The highest BCUT2D eigenvalue weighted by Gasteiger charge is 2.11. The van der Waals surface area contributed by atoms with E-state index in [0.717, 1.165) is 22.4 Å². The van der Waals surface area contributed by atoms with Crippen LogP contribution in [0.4, 0.5) is 0 Å². The van der Waals surface area contributed by atoms with Gasteiger partial charge in [-0.05, 0) is 50.5 Å². The van der Waals surface area contributed by atoms with Crippen LogP contribution < -0.4 is 4.74 Å². The molecule has 0 aliphatic heterocycles. The normalized spacial score (nSPS) is 10.4. The highest BCUT2D eigenvalue weighted by molar-refractivity contribution is 5.88. The van der Waals surface area contributed by atoms with Crippen LogP contribution in [0.2, 0.25) is 0 Å². The van der Waals surface area contributed by atoms with E-state index in [9.17, 15) is 4.79 Å². The van der Waals surface area contributed by atoms with Crippen LogP contribution in [-0.2, 0) is 0 Å². The molecule has 0 saturated heterocycles. The number of pyridine rings is 1. The Morgan fingerprint density at radius 2 is 1.75 bits per heavy atom. The predicted molar refractivity (Wildman–Crippen MR) is 76.7 cm³/mol. The summed E-state index contributed by atoms with van der Waals surface area (Å²) in [6.45, 7) is 7.69. The molecule has 0 radical (unpaired) electrons. The standard InChI is InChI=1S/C16H17NO3/c1-9-5-6-10(2)15(12(9)4)20-14-8-13(16(18)19)7-11(3)17-14/h5-8H,1-4H3,(H,18,19). The van der Waals surface area contributed by atoms with Crippen molar-refractivity contribution in [2.75, 3.05) is 0 Å². The molecular formula is C16H17NO3. The minimum Gasteiger partial charge on any atom is -0.478 e. The molecule has 0 amide bonds. The van der Waals surface area contributed by atoms with E-state index in [4.69, 9.17) is 9.84 Å². The molecule has 4 heteroatoms.